The Labute approximate surface area is 184 Å². The molecule has 1 aromatic carbocycles. The van der Waals surface area contributed by atoms with E-state index in [1.54, 1.807) is 7.11 Å². The molecular weight excluding hydrogens is 386 g/mol. The number of aryl methyl sites for hydroxylation is 2. The van der Waals surface area contributed by atoms with Gasteiger partial charge in [0.05, 0.1) is 12.7 Å². The van der Waals surface area contributed by atoms with E-state index < -0.39 is 0 Å². The molecule has 0 spiro atoms. The summed E-state index contributed by atoms with van der Waals surface area (Å²) in [7, 11) is 3.60. The van der Waals surface area contributed by atoms with E-state index in [9.17, 15) is 4.79 Å². The van der Waals surface area contributed by atoms with Crippen molar-refractivity contribution < 1.29 is 9.53 Å². The van der Waals surface area contributed by atoms with Crippen LogP contribution in [0.25, 0.3) is 11.1 Å². The number of methoxy groups -OCH3 is 1. The number of hydrogen-bond donors (Lipinski definition) is 1. The average molecular weight is 418 g/mol. The van der Waals surface area contributed by atoms with Crippen molar-refractivity contribution in [3.05, 3.63) is 71.8 Å². The first-order valence-corrected chi connectivity index (χ1v) is 11.0. The lowest BCUT2D eigenvalue weighted by molar-refractivity contribution is 0.0943. The van der Waals surface area contributed by atoms with Crippen LogP contribution in [0.3, 0.4) is 0 Å². The Morgan fingerprint density at radius 1 is 1.13 bits per heavy atom. The fraction of sp³-hybridized carbons (Fsp3) is 0.385. The third-order valence-corrected chi connectivity index (χ3v) is 6.39. The molecule has 3 aromatic rings. The van der Waals surface area contributed by atoms with Gasteiger partial charge < -0.3 is 14.6 Å². The number of nitrogens with one attached hydrogen (secondary N) is 1. The molecule has 31 heavy (non-hydrogen) atoms. The summed E-state index contributed by atoms with van der Waals surface area (Å²) in [6.07, 6.45) is 10.4. The van der Waals surface area contributed by atoms with Crippen LogP contribution in [0.5, 0.6) is 5.75 Å². The predicted molar refractivity (Wildman–Crippen MR) is 123 cm³/mol. The summed E-state index contributed by atoms with van der Waals surface area (Å²) in [4.78, 5) is 17.4. The molecule has 0 radical (unpaired) electrons. The van der Waals surface area contributed by atoms with Gasteiger partial charge in [-0.05, 0) is 68.2 Å². The zero-order valence-electron chi connectivity index (χ0n) is 18.6. The van der Waals surface area contributed by atoms with Crippen LogP contribution >= 0.6 is 0 Å². The van der Waals surface area contributed by atoms with E-state index in [-0.39, 0.29) is 5.91 Å². The molecule has 1 amide bonds. The molecule has 0 aliphatic heterocycles. The number of rotatable bonds is 6. The van der Waals surface area contributed by atoms with E-state index in [2.05, 4.69) is 22.4 Å². The van der Waals surface area contributed by atoms with Crippen LogP contribution in [0.1, 0.15) is 53.2 Å². The smallest absolute Gasteiger partial charge is 0.253 e. The van der Waals surface area contributed by atoms with E-state index in [1.165, 1.54) is 18.4 Å². The van der Waals surface area contributed by atoms with Crippen LogP contribution in [-0.4, -0.2) is 29.1 Å². The van der Waals surface area contributed by atoms with E-state index >= 15 is 0 Å². The van der Waals surface area contributed by atoms with Gasteiger partial charge in [-0.1, -0.05) is 18.2 Å². The first-order valence-electron chi connectivity index (χ1n) is 11.0. The van der Waals surface area contributed by atoms with Gasteiger partial charge >= 0.3 is 0 Å². The fourth-order valence-corrected chi connectivity index (χ4v) is 4.70. The van der Waals surface area contributed by atoms with E-state index in [0.29, 0.717) is 17.4 Å². The van der Waals surface area contributed by atoms with Gasteiger partial charge in [-0.15, -0.1) is 0 Å². The highest BCUT2D eigenvalue weighted by atomic mass is 16.5. The summed E-state index contributed by atoms with van der Waals surface area (Å²) in [6.45, 7) is 2.77. The third kappa shape index (κ3) is 4.82. The van der Waals surface area contributed by atoms with Gasteiger partial charge in [0.2, 0.25) is 0 Å². The normalized spacial score (nSPS) is 18.5. The monoisotopic (exact) mass is 417 g/mol. The molecule has 1 saturated carbocycles. The number of ether oxygens (including phenoxy) is 1. The molecule has 2 heterocycles. The minimum absolute atomic E-state index is 0.0200. The van der Waals surface area contributed by atoms with Crippen molar-refractivity contribution in [2.45, 2.75) is 38.5 Å². The largest absolute Gasteiger partial charge is 0.496 e. The molecule has 4 rings (SSSR count). The van der Waals surface area contributed by atoms with Gasteiger partial charge in [0.25, 0.3) is 5.91 Å². The molecule has 1 aliphatic carbocycles. The molecule has 1 fully saturated rings. The second-order valence-corrected chi connectivity index (χ2v) is 8.61. The second-order valence-electron chi connectivity index (χ2n) is 8.61. The van der Waals surface area contributed by atoms with Crippen LogP contribution in [0.2, 0.25) is 0 Å². The summed E-state index contributed by atoms with van der Waals surface area (Å²) in [5, 5.41) is 3.19. The lowest BCUT2D eigenvalue weighted by Crippen LogP contribution is -2.31. The highest BCUT2D eigenvalue weighted by Crippen LogP contribution is 2.36. The number of benzene rings is 1. The number of carbonyl (C=O) groups is 1. The van der Waals surface area contributed by atoms with Crippen molar-refractivity contribution in [3.63, 3.8) is 0 Å². The number of carbonyl (C=O) groups excluding carboxylic acids is 1. The second kappa shape index (κ2) is 9.38. The minimum Gasteiger partial charge on any atom is -0.496 e. The SMILES string of the molecule is COc1ccccc1-c1cn(C)cc1C(=O)NCC1CCC(c2ccnc(C)c2)CC1. The summed E-state index contributed by atoms with van der Waals surface area (Å²) in [5.74, 6) is 1.89. The van der Waals surface area contributed by atoms with E-state index in [1.807, 2.05) is 61.4 Å². The number of hydrogen-bond acceptors (Lipinski definition) is 3. The van der Waals surface area contributed by atoms with Gasteiger partial charge in [-0.2, -0.15) is 0 Å². The first-order chi connectivity index (χ1) is 15.0. The Morgan fingerprint density at radius 2 is 1.90 bits per heavy atom. The summed E-state index contributed by atoms with van der Waals surface area (Å²) in [5.41, 5.74) is 5.01. The lowest BCUT2D eigenvalue weighted by atomic mass is 9.79. The number of pyridine rings is 1. The molecule has 0 bridgehead atoms. The Bertz CT molecular complexity index is 1050. The number of para-hydroxylation sites is 1. The van der Waals surface area contributed by atoms with Crippen molar-refractivity contribution in [3.8, 4) is 16.9 Å². The average Bonchev–Trinajstić information content (AvgIpc) is 3.19. The summed E-state index contributed by atoms with van der Waals surface area (Å²) < 4.78 is 7.44. The van der Waals surface area contributed by atoms with Crippen molar-refractivity contribution in [1.29, 1.82) is 0 Å². The summed E-state index contributed by atoms with van der Waals surface area (Å²) in [6, 6.07) is 12.2. The van der Waals surface area contributed by atoms with E-state index in [4.69, 9.17) is 4.74 Å². The number of aromatic nitrogens is 2. The van der Waals surface area contributed by atoms with E-state index in [0.717, 1.165) is 42.0 Å². The van der Waals surface area contributed by atoms with Crippen LogP contribution in [-0.2, 0) is 7.05 Å². The molecule has 1 aliphatic rings. The maximum atomic E-state index is 13.0. The highest BCUT2D eigenvalue weighted by molar-refractivity contribution is 6.01. The molecule has 1 N–H and O–H groups in total. The molecule has 5 nitrogen and oxygen atoms in total. The number of nitrogens with zero attached hydrogens (tertiary/aromatic N) is 2. The molecule has 0 atom stereocenters. The van der Waals surface area contributed by atoms with Crippen molar-refractivity contribution in [2.24, 2.45) is 13.0 Å². The van der Waals surface area contributed by atoms with Crippen LogP contribution in [0.4, 0.5) is 0 Å². The zero-order valence-corrected chi connectivity index (χ0v) is 18.6. The van der Waals surface area contributed by atoms with Crippen LogP contribution in [0.15, 0.2) is 55.0 Å². The van der Waals surface area contributed by atoms with Crippen molar-refractivity contribution in [1.82, 2.24) is 14.9 Å². The third-order valence-electron chi connectivity index (χ3n) is 6.39. The molecule has 0 saturated heterocycles. The van der Waals surface area contributed by atoms with Crippen LogP contribution < -0.4 is 10.1 Å². The van der Waals surface area contributed by atoms with Gasteiger partial charge in [-0.3, -0.25) is 9.78 Å². The molecule has 2 aromatic heterocycles. The van der Waals surface area contributed by atoms with Gasteiger partial charge in [0.1, 0.15) is 5.75 Å². The Balaban J connectivity index is 1.38. The Hall–Kier alpha value is -3.08. The predicted octanol–water partition coefficient (Wildman–Crippen LogP) is 5.11. The Morgan fingerprint density at radius 3 is 2.65 bits per heavy atom. The molecule has 0 unspecified atom stereocenters. The fourth-order valence-electron chi connectivity index (χ4n) is 4.70. The first kappa shape index (κ1) is 21.2. The van der Waals surface area contributed by atoms with Gasteiger partial charge in [0.15, 0.2) is 0 Å². The molecule has 5 heteroatoms. The van der Waals surface area contributed by atoms with Crippen LogP contribution in [0, 0.1) is 12.8 Å². The maximum Gasteiger partial charge on any atom is 0.253 e. The lowest BCUT2D eigenvalue weighted by Gasteiger charge is -2.29. The minimum atomic E-state index is -0.0200. The molecular formula is C26H31N3O2. The topological polar surface area (TPSA) is 56.1 Å². The van der Waals surface area contributed by atoms with Gasteiger partial charge in [0, 0.05) is 49.0 Å². The van der Waals surface area contributed by atoms with Gasteiger partial charge in [-0.25, -0.2) is 0 Å². The standard InChI is InChI=1S/C26H31N3O2/c1-18-14-21(12-13-27-18)20-10-8-19(9-11-20)15-28-26(30)24-17-29(2)16-23(24)22-6-4-5-7-25(22)31-3/h4-7,12-14,16-17,19-20H,8-11,15H2,1-3H3,(H,28,30). The quantitative estimate of drug-likeness (QED) is 0.606. The Kier molecular flexibility index (Phi) is 6.40. The zero-order chi connectivity index (χ0) is 21.8. The van der Waals surface area contributed by atoms with Crippen molar-refractivity contribution in [2.75, 3.05) is 13.7 Å². The maximum absolute atomic E-state index is 13.0. The highest BCUT2D eigenvalue weighted by Gasteiger charge is 2.24. The summed E-state index contributed by atoms with van der Waals surface area (Å²) >= 11 is 0. The van der Waals surface area contributed by atoms with Crippen molar-refractivity contribution >= 4 is 5.91 Å². The number of amides is 1. The molecule has 162 valence electrons.